The predicted octanol–water partition coefficient (Wildman–Crippen LogP) is 3.55. The van der Waals surface area contributed by atoms with Gasteiger partial charge in [-0.25, -0.2) is 9.29 Å². The Balaban J connectivity index is 1.74. The number of hydrogen-bond acceptors (Lipinski definition) is 4. The van der Waals surface area contributed by atoms with Crippen LogP contribution in [-0.4, -0.2) is 35.7 Å². The smallest absolute Gasteiger partial charge is 0.282 e. The van der Waals surface area contributed by atoms with Crippen LogP contribution in [-0.2, 0) is 14.4 Å². The van der Waals surface area contributed by atoms with Crippen LogP contribution in [0.5, 0.6) is 0 Å². The van der Waals surface area contributed by atoms with Gasteiger partial charge in [0.25, 0.3) is 11.8 Å². The zero-order chi connectivity index (χ0) is 21.3. The van der Waals surface area contributed by atoms with E-state index in [9.17, 15) is 18.8 Å². The van der Waals surface area contributed by atoms with Gasteiger partial charge in [-0.1, -0.05) is 12.1 Å². The summed E-state index contributed by atoms with van der Waals surface area (Å²) in [6.45, 7) is 2.81. The second-order valence-corrected chi connectivity index (χ2v) is 7.45. The first-order valence-corrected chi connectivity index (χ1v) is 9.97. The average molecular weight is 407 g/mol. The standard InChI is InChI=1S/C23H22FN3O3/c1-15(28)25-18-9-11-19(12-10-18)27-22(29)20(16-5-7-17(24)8-6-16)21(23(27)30)26-13-3-2-4-14-26/h5-12H,2-4,13-14H2,1H3,(H,25,28). The molecule has 0 saturated carbocycles. The van der Waals surface area contributed by atoms with E-state index in [0.717, 1.165) is 24.2 Å². The van der Waals surface area contributed by atoms with Crippen LogP contribution in [0.2, 0.25) is 0 Å². The van der Waals surface area contributed by atoms with Gasteiger partial charge < -0.3 is 10.2 Å². The van der Waals surface area contributed by atoms with E-state index in [-0.39, 0.29) is 11.8 Å². The van der Waals surface area contributed by atoms with Gasteiger partial charge in [0.2, 0.25) is 5.91 Å². The van der Waals surface area contributed by atoms with Gasteiger partial charge in [0.1, 0.15) is 11.5 Å². The SMILES string of the molecule is CC(=O)Nc1ccc(N2C(=O)C(c3ccc(F)cc3)=C(N3CCCCC3)C2=O)cc1. The molecule has 2 aromatic rings. The number of halogens is 1. The number of hydrogen-bond donors (Lipinski definition) is 1. The number of piperidine rings is 1. The van der Waals surface area contributed by atoms with Crippen molar-refractivity contribution in [1.82, 2.24) is 4.90 Å². The third-order valence-electron chi connectivity index (χ3n) is 5.31. The maximum absolute atomic E-state index is 13.5. The van der Waals surface area contributed by atoms with Gasteiger partial charge in [0.05, 0.1) is 11.3 Å². The Kier molecular flexibility index (Phi) is 5.35. The number of benzene rings is 2. The van der Waals surface area contributed by atoms with E-state index in [2.05, 4.69) is 5.32 Å². The average Bonchev–Trinajstić information content (AvgIpc) is 3.00. The normalized spacial score (nSPS) is 17.0. The monoisotopic (exact) mass is 407 g/mol. The molecule has 4 rings (SSSR count). The van der Waals surface area contributed by atoms with Gasteiger partial charge in [0.15, 0.2) is 0 Å². The largest absolute Gasteiger partial charge is 0.366 e. The number of rotatable bonds is 4. The minimum atomic E-state index is -0.431. The van der Waals surface area contributed by atoms with Gasteiger partial charge in [-0.2, -0.15) is 0 Å². The summed E-state index contributed by atoms with van der Waals surface area (Å²) in [4.78, 5) is 41.1. The quantitative estimate of drug-likeness (QED) is 0.787. The predicted molar refractivity (Wildman–Crippen MR) is 112 cm³/mol. The van der Waals surface area contributed by atoms with Crippen molar-refractivity contribution in [3.8, 4) is 0 Å². The van der Waals surface area contributed by atoms with Gasteiger partial charge in [-0.15, -0.1) is 0 Å². The third kappa shape index (κ3) is 3.70. The van der Waals surface area contributed by atoms with E-state index >= 15 is 0 Å². The molecule has 7 heteroatoms. The highest BCUT2D eigenvalue weighted by Gasteiger charge is 2.42. The topological polar surface area (TPSA) is 69.7 Å². The van der Waals surface area contributed by atoms with E-state index in [1.54, 1.807) is 24.3 Å². The van der Waals surface area contributed by atoms with Crippen LogP contribution < -0.4 is 10.2 Å². The zero-order valence-corrected chi connectivity index (χ0v) is 16.7. The summed E-state index contributed by atoms with van der Waals surface area (Å²) in [5.74, 6) is -1.42. The highest BCUT2D eigenvalue weighted by atomic mass is 19.1. The summed E-state index contributed by atoms with van der Waals surface area (Å²) < 4.78 is 13.5. The number of nitrogens with one attached hydrogen (secondary N) is 1. The van der Waals surface area contributed by atoms with Crippen molar-refractivity contribution >= 4 is 34.7 Å². The van der Waals surface area contributed by atoms with Crippen molar-refractivity contribution < 1.29 is 18.8 Å². The van der Waals surface area contributed by atoms with E-state index in [0.29, 0.717) is 41.3 Å². The molecular formula is C23H22FN3O3. The number of anilines is 2. The van der Waals surface area contributed by atoms with Gasteiger partial charge in [-0.05, 0) is 61.2 Å². The Morgan fingerprint density at radius 2 is 1.53 bits per heavy atom. The second-order valence-electron chi connectivity index (χ2n) is 7.45. The number of imide groups is 1. The molecule has 2 aromatic carbocycles. The van der Waals surface area contributed by atoms with Crippen LogP contribution in [0.25, 0.3) is 5.57 Å². The summed E-state index contributed by atoms with van der Waals surface area (Å²) in [7, 11) is 0. The minimum absolute atomic E-state index is 0.205. The van der Waals surface area contributed by atoms with E-state index in [4.69, 9.17) is 0 Å². The molecular weight excluding hydrogens is 385 g/mol. The molecule has 0 bridgehead atoms. The summed E-state index contributed by atoms with van der Waals surface area (Å²) in [6, 6.07) is 12.2. The van der Waals surface area contributed by atoms with Crippen LogP contribution in [0.15, 0.2) is 54.2 Å². The molecule has 0 spiro atoms. The summed E-state index contributed by atoms with van der Waals surface area (Å²) in [6.07, 6.45) is 2.99. The fraction of sp³-hybridized carbons (Fsp3) is 0.261. The van der Waals surface area contributed by atoms with Crippen LogP contribution in [0.4, 0.5) is 15.8 Å². The minimum Gasteiger partial charge on any atom is -0.366 e. The van der Waals surface area contributed by atoms with Crippen LogP contribution in [0, 0.1) is 5.82 Å². The van der Waals surface area contributed by atoms with Gasteiger partial charge in [-0.3, -0.25) is 14.4 Å². The number of carbonyl (C=O) groups is 3. The Morgan fingerprint density at radius 1 is 0.900 bits per heavy atom. The lowest BCUT2D eigenvalue weighted by Gasteiger charge is -2.29. The first kappa shape index (κ1) is 19.8. The molecule has 0 radical (unpaired) electrons. The zero-order valence-electron chi connectivity index (χ0n) is 16.7. The van der Waals surface area contributed by atoms with Gasteiger partial charge >= 0.3 is 0 Å². The molecule has 1 fully saturated rings. The molecule has 1 saturated heterocycles. The number of nitrogens with zero attached hydrogens (tertiary/aromatic N) is 2. The Bertz CT molecular complexity index is 1020. The number of likely N-dealkylation sites (tertiary alicyclic amines) is 1. The second kappa shape index (κ2) is 8.10. The molecule has 6 nitrogen and oxygen atoms in total. The molecule has 3 amide bonds. The Hall–Kier alpha value is -3.48. The summed E-state index contributed by atoms with van der Waals surface area (Å²) >= 11 is 0. The summed E-state index contributed by atoms with van der Waals surface area (Å²) in [5.41, 5.74) is 2.19. The van der Waals surface area contributed by atoms with Crippen molar-refractivity contribution in [2.45, 2.75) is 26.2 Å². The fourth-order valence-electron chi connectivity index (χ4n) is 3.94. The summed E-state index contributed by atoms with van der Waals surface area (Å²) in [5, 5.41) is 2.66. The molecule has 2 heterocycles. The van der Waals surface area contributed by atoms with Crippen molar-refractivity contribution in [2.75, 3.05) is 23.3 Å². The van der Waals surface area contributed by atoms with Crippen molar-refractivity contribution in [3.05, 3.63) is 65.6 Å². The van der Waals surface area contributed by atoms with Crippen molar-refractivity contribution in [1.29, 1.82) is 0 Å². The Morgan fingerprint density at radius 3 is 2.13 bits per heavy atom. The third-order valence-corrected chi connectivity index (χ3v) is 5.31. The van der Waals surface area contributed by atoms with Gasteiger partial charge in [0, 0.05) is 25.7 Å². The maximum Gasteiger partial charge on any atom is 0.282 e. The number of carbonyl (C=O) groups excluding carboxylic acids is 3. The Labute approximate surface area is 174 Å². The lowest BCUT2D eigenvalue weighted by Crippen LogP contribution is -2.37. The molecule has 2 aliphatic heterocycles. The van der Waals surface area contributed by atoms with E-state index < -0.39 is 11.7 Å². The molecule has 0 aromatic heterocycles. The maximum atomic E-state index is 13.5. The highest BCUT2D eigenvalue weighted by molar-refractivity contribution is 6.45. The molecule has 0 aliphatic carbocycles. The highest BCUT2D eigenvalue weighted by Crippen LogP contribution is 2.36. The van der Waals surface area contributed by atoms with E-state index in [1.807, 2.05) is 4.90 Å². The molecule has 1 N–H and O–H groups in total. The van der Waals surface area contributed by atoms with Crippen molar-refractivity contribution in [3.63, 3.8) is 0 Å². The number of amides is 3. The first-order chi connectivity index (χ1) is 14.5. The van der Waals surface area contributed by atoms with Crippen LogP contribution >= 0.6 is 0 Å². The lowest BCUT2D eigenvalue weighted by atomic mass is 10.0. The molecule has 2 aliphatic rings. The fourth-order valence-corrected chi connectivity index (χ4v) is 3.94. The lowest BCUT2D eigenvalue weighted by molar-refractivity contribution is -0.121. The van der Waals surface area contributed by atoms with Crippen molar-refractivity contribution in [2.24, 2.45) is 0 Å². The molecule has 0 atom stereocenters. The molecule has 154 valence electrons. The van der Waals surface area contributed by atoms with Crippen LogP contribution in [0.1, 0.15) is 31.7 Å². The van der Waals surface area contributed by atoms with E-state index in [1.165, 1.54) is 31.2 Å². The first-order valence-electron chi connectivity index (χ1n) is 9.97. The van der Waals surface area contributed by atoms with Crippen LogP contribution in [0.3, 0.4) is 0 Å². The molecule has 30 heavy (non-hydrogen) atoms. The molecule has 0 unspecified atom stereocenters.